The Kier molecular flexibility index (Phi) is 8.55. The summed E-state index contributed by atoms with van der Waals surface area (Å²) in [6, 6.07) is 20.5. The van der Waals surface area contributed by atoms with Gasteiger partial charge in [-0.15, -0.1) is 24.8 Å². The molecule has 3 aromatic rings. The molecule has 0 aromatic heterocycles. The van der Waals surface area contributed by atoms with Crippen LogP contribution in [0.15, 0.2) is 65.7 Å². The zero-order valence-electron chi connectivity index (χ0n) is 23.6. The molecule has 2 aliphatic carbocycles. The fourth-order valence-corrected chi connectivity index (χ4v) is 28.1. The summed E-state index contributed by atoms with van der Waals surface area (Å²) in [6.07, 6.45) is 5.10. The first kappa shape index (κ1) is 30.4. The maximum absolute atomic E-state index is 3.51. The summed E-state index contributed by atoms with van der Waals surface area (Å²) in [4.78, 5) is 0. The number of hydrogen-bond donors (Lipinski definition) is 0. The molecular formula is C33H42Cl2SiZr. The molecule has 0 amide bonds. The van der Waals surface area contributed by atoms with Gasteiger partial charge < -0.3 is 0 Å². The molecule has 196 valence electrons. The van der Waals surface area contributed by atoms with Crippen molar-refractivity contribution < 1.29 is 17.4 Å². The number of hydrogen-bond acceptors (Lipinski definition) is 0. The van der Waals surface area contributed by atoms with Crippen LogP contribution < -0.4 is 0 Å². The van der Waals surface area contributed by atoms with Crippen molar-refractivity contribution in [3.8, 4) is 11.1 Å². The van der Waals surface area contributed by atoms with E-state index in [-0.39, 0.29) is 24.8 Å². The molecule has 0 saturated carbocycles. The molecule has 0 radical (unpaired) electrons. The van der Waals surface area contributed by atoms with Crippen LogP contribution >= 0.6 is 24.8 Å². The normalized spacial score (nSPS) is 18.4. The third-order valence-electron chi connectivity index (χ3n) is 8.98. The molecule has 2 atom stereocenters. The van der Waals surface area contributed by atoms with Gasteiger partial charge in [0.1, 0.15) is 0 Å². The predicted molar refractivity (Wildman–Crippen MR) is 169 cm³/mol. The van der Waals surface area contributed by atoms with E-state index in [1.165, 1.54) is 38.9 Å². The first-order valence-corrected chi connectivity index (χ1v) is 26.8. The zero-order chi connectivity index (χ0) is 25.3. The summed E-state index contributed by atoms with van der Waals surface area (Å²) in [7, 11) is 0. The molecule has 0 N–H and O–H groups in total. The van der Waals surface area contributed by atoms with Crippen LogP contribution in [-0.4, -0.2) is 6.88 Å². The summed E-state index contributed by atoms with van der Waals surface area (Å²) >= 11 is -3.51. The molecule has 0 spiro atoms. The van der Waals surface area contributed by atoms with E-state index in [2.05, 4.69) is 124 Å². The third kappa shape index (κ3) is 4.75. The van der Waals surface area contributed by atoms with E-state index in [4.69, 9.17) is 0 Å². The van der Waals surface area contributed by atoms with Gasteiger partial charge in [0.2, 0.25) is 0 Å². The van der Waals surface area contributed by atoms with Crippen molar-refractivity contribution in [2.45, 2.75) is 58.1 Å². The molecule has 3 aromatic carbocycles. The van der Waals surface area contributed by atoms with Crippen molar-refractivity contribution in [2.24, 2.45) is 5.92 Å². The van der Waals surface area contributed by atoms with E-state index in [0.717, 1.165) is 0 Å². The van der Waals surface area contributed by atoms with Gasteiger partial charge in [0.15, 0.2) is 0 Å². The van der Waals surface area contributed by atoms with Gasteiger partial charge in [-0.3, -0.25) is 0 Å². The van der Waals surface area contributed by atoms with Crippen LogP contribution in [0.25, 0.3) is 23.3 Å². The number of benzene rings is 3. The van der Waals surface area contributed by atoms with Crippen LogP contribution in [0.3, 0.4) is 0 Å². The van der Waals surface area contributed by atoms with E-state index < -0.39 is 17.4 Å². The number of halogens is 2. The molecule has 5 rings (SSSR count). The topological polar surface area (TPSA) is 0 Å². The van der Waals surface area contributed by atoms with Crippen LogP contribution in [-0.2, 0) is 17.4 Å². The average Bonchev–Trinajstić information content (AvgIpc) is 3.35. The first-order chi connectivity index (χ1) is 16.4. The fraction of sp³-hybridized carbons (Fsp3) is 0.333. The van der Waals surface area contributed by atoms with E-state index in [1.54, 1.807) is 22.3 Å². The molecule has 0 fully saturated rings. The monoisotopic (exact) mass is 626 g/mol. The van der Waals surface area contributed by atoms with Crippen LogP contribution in [0.2, 0.25) is 9.26 Å². The molecule has 2 aliphatic rings. The average molecular weight is 629 g/mol. The summed E-state index contributed by atoms with van der Waals surface area (Å²) in [5.74, 6) is 0.564. The molecule has 0 bridgehead atoms. The molecule has 0 heterocycles. The largest absolute Gasteiger partial charge is 0.147 e. The van der Waals surface area contributed by atoms with E-state index in [9.17, 15) is 0 Å². The zero-order valence-corrected chi connectivity index (χ0v) is 29.1. The van der Waals surface area contributed by atoms with E-state index in [1.807, 2.05) is 0 Å². The summed E-state index contributed by atoms with van der Waals surface area (Å²) in [6.45, 7) is 16.6. The minimum absolute atomic E-state index is 0. The van der Waals surface area contributed by atoms with Crippen molar-refractivity contribution in [3.05, 3.63) is 105 Å². The summed E-state index contributed by atoms with van der Waals surface area (Å²) < 4.78 is 6.67. The Hall–Kier alpha value is -1.18. The van der Waals surface area contributed by atoms with Gasteiger partial charge in [-0.25, -0.2) is 0 Å². The minimum Gasteiger partial charge on any atom is -0.147 e. The van der Waals surface area contributed by atoms with Crippen LogP contribution in [0, 0.1) is 26.7 Å². The fourth-order valence-electron chi connectivity index (χ4n) is 7.49. The number of fused-ring (bicyclic) bond motifs is 2. The minimum atomic E-state index is -3.51. The molecule has 4 heteroatoms. The molecule has 0 nitrogen and oxygen atoms in total. The van der Waals surface area contributed by atoms with Gasteiger partial charge in [-0.1, -0.05) is 0 Å². The molecule has 37 heavy (non-hydrogen) atoms. The Labute approximate surface area is 239 Å². The first-order valence-electron chi connectivity index (χ1n) is 13.2. The van der Waals surface area contributed by atoms with Crippen LogP contribution in [0.4, 0.5) is 0 Å². The predicted octanol–water partition coefficient (Wildman–Crippen LogP) is 9.71. The van der Waals surface area contributed by atoms with Crippen molar-refractivity contribution >= 4 is 43.8 Å². The van der Waals surface area contributed by atoms with Crippen molar-refractivity contribution in [2.75, 3.05) is 0 Å². The van der Waals surface area contributed by atoms with Gasteiger partial charge in [-0.2, -0.15) is 0 Å². The SMILES string of the molecule is CC1=Cc2c(cc(C)c(C)c2-c2ccccc2)[CH]1[Zr]([CH3])([CH3])(=[SiH2])[CH]1C(C(C)C)=Cc2cccc(C)c21.Cl.Cl. The number of rotatable bonds is 4. The van der Waals surface area contributed by atoms with E-state index >= 15 is 0 Å². The molecule has 0 aliphatic heterocycles. The smallest absolute Gasteiger partial charge is 0.147 e. The second-order valence-corrected chi connectivity index (χ2v) is 43.1. The van der Waals surface area contributed by atoms with Crippen molar-refractivity contribution in [1.29, 1.82) is 0 Å². The quantitative estimate of drug-likeness (QED) is 0.252. The van der Waals surface area contributed by atoms with Crippen molar-refractivity contribution in [1.82, 2.24) is 0 Å². The molecular weight excluding hydrogens is 587 g/mol. The molecule has 0 saturated heterocycles. The van der Waals surface area contributed by atoms with Gasteiger partial charge in [0, 0.05) is 0 Å². The van der Waals surface area contributed by atoms with Gasteiger partial charge >= 0.3 is 216 Å². The van der Waals surface area contributed by atoms with Gasteiger partial charge in [-0.05, 0) is 0 Å². The third-order valence-corrected chi connectivity index (χ3v) is 26.6. The summed E-state index contributed by atoms with van der Waals surface area (Å²) in [5.41, 5.74) is 16.5. The van der Waals surface area contributed by atoms with Crippen molar-refractivity contribution in [3.63, 3.8) is 0 Å². The second-order valence-electron chi connectivity index (χ2n) is 12.6. The number of allylic oxidation sites excluding steroid dienone is 2. The van der Waals surface area contributed by atoms with Gasteiger partial charge in [0.05, 0.1) is 0 Å². The summed E-state index contributed by atoms with van der Waals surface area (Å²) in [5, 5.41) is 0. The second kappa shape index (κ2) is 10.4. The Bertz CT molecular complexity index is 1490. The Morgan fingerprint density at radius 1 is 0.784 bits per heavy atom. The van der Waals surface area contributed by atoms with Crippen LogP contribution in [0.5, 0.6) is 0 Å². The Morgan fingerprint density at radius 3 is 2.05 bits per heavy atom. The standard InChI is InChI=1S/C18H17.C13H15.2CH3.2ClH.H2Si.Zr/c1-12-9-16-11-13(2)14(3)18(17(16)10-12)15-7-5-4-6-8-15;1-9(2)12-7-11-6-4-5-10(3)13(11)8-12;;;;;;/h4-11H,1-3H3;4-9H,1-3H3;2*1H3;2*1H;1H2;. The van der Waals surface area contributed by atoms with Gasteiger partial charge in [0.25, 0.3) is 0 Å². The van der Waals surface area contributed by atoms with E-state index in [0.29, 0.717) is 13.2 Å². The van der Waals surface area contributed by atoms with Crippen LogP contribution in [0.1, 0.15) is 67.0 Å². The Balaban J connectivity index is 0.00000190. The Morgan fingerprint density at radius 2 is 1.43 bits per heavy atom. The maximum Gasteiger partial charge on any atom is -0.147 e. The molecule has 2 unspecified atom stereocenters. The number of aryl methyl sites for hydroxylation is 2. The maximum atomic E-state index is 2.76.